The van der Waals surface area contributed by atoms with Crippen LogP contribution in [0.5, 0.6) is 0 Å². The molecule has 0 spiro atoms. The van der Waals surface area contributed by atoms with Crippen molar-refractivity contribution < 1.29 is 9.90 Å². The van der Waals surface area contributed by atoms with Crippen LogP contribution in [0.4, 0.5) is 0 Å². The Kier molecular flexibility index (Phi) is 6.99. The molecule has 88 valence electrons. The number of nitrogens with one attached hydrogen (secondary N) is 2. The van der Waals surface area contributed by atoms with Gasteiger partial charge in [-0.1, -0.05) is 13.0 Å². The van der Waals surface area contributed by atoms with Crippen LogP contribution in [0.25, 0.3) is 0 Å². The molecule has 0 saturated heterocycles. The van der Waals surface area contributed by atoms with Crippen molar-refractivity contribution in [2.45, 2.75) is 32.2 Å². The quantitative estimate of drug-likeness (QED) is 0.405. The van der Waals surface area contributed by atoms with Gasteiger partial charge < -0.3 is 15.7 Å². The summed E-state index contributed by atoms with van der Waals surface area (Å²) in [6.07, 6.45) is 3.09. The highest BCUT2D eigenvalue weighted by Gasteiger charge is 2.22. The number of hydrogen-bond acceptors (Lipinski definition) is 3. The Balaban J connectivity index is 3.94. The summed E-state index contributed by atoms with van der Waals surface area (Å²) in [5, 5.41) is 14.7. The van der Waals surface area contributed by atoms with Gasteiger partial charge in [0.25, 0.3) is 0 Å². The zero-order valence-electron chi connectivity index (χ0n) is 9.68. The summed E-state index contributed by atoms with van der Waals surface area (Å²) in [7, 11) is 0. The Labute approximate surface area is 91.8 Å². The maximum Gasteiger partial charge on any atom is 0.234 e. The van der Waals surface area contributed by atoms with Crippen LogP contribution in [0.1, 0.15) is 26.7 Å². The molecule has 0 aromatic heterocycles. The van der Waals surface area contributed by atoms with E-state index in [1.54, 1.807) is 6.08 Å². The zero-order chi connectivity index (χ0) is 11.7. The molecule has 0 aromatic rings. The first-order chi connectivity index (χ1) is 7.08. The molecule has 4 nitrogen and oxygen atoms in total. The van der Waals surface area contributed by atoms with E-state index in [4.69, 9.17) is 5.11 Å². The first kappa shape index (κ1) is 14.1. The minimum absolute atomic E-state index is 0.0466. The van der Waals surface area contributed by atoms with Crippen LogP contribution in [-0.2, 0) is 4.79 Å². The summed E-state index contributed by atoms with van der Waals surface area (Å²) in [5.41, 5.74) is -0.304. The van der Waals surface area contributed by atoms with Crippen LogP contribution in [0.15, 0.2) is 12.7 Å². The number of aliphatic hydroxyl groups is 1. The summed E-state index contributed by atoms with van der Waals surface area (Å²) in [6.45, 7) is 8.48. The monoisotopic (exact) mass is 214 g/mol. The largest absolute Gasteiger partial charge is 0.396 e. The van der Waals surface area contributed by atoms with E-state index < -0.39 is 0 Å². The summed E-state index contributed by atoms with van der Waals surface area (Å²) < 4.78 is 0. The normalized spacial score (nSPS) is 14.3. The number of rotatable bonds is 8. The molecule has 4 heteroatoms. The fourth-order valence-corrected chi connectivity index (χ4v) is 1.24. The van der Waals surface area contributed by atoms with Crippen molar-refractivity contribution in [3.8, 4) is 0 Å². The number of aliphatic hydroxyl groups excluding tert-OH is 1. The molecule has 0 aliphatic heterocycles. The minimum Gasteiger partial charge on any atom is -0.396 e. The highest BCUT2D eigenvalue weighted by Crippen LogP contribution is 2.13. The molecular weight excluding hydrogens is 192 g/mol. The molecule has 0 aliphatic carbocycles. The molecular formula is C11H22N2O2. The highest BCUT2D eigenvalue weighted by molar-refractivity contribution is 5.78. The van der Waals surface area contributed by atoms with Crippen molar-refractivity contribution in [3.05, 3.63) is 12.7 Å². The third kappa shape index (κ3) is 6.25. The molecule has 0 bridgehead atoms. The van der Waals surface area contributed by atoms with Crippen LogP contribution in [0, 0.1) is 0 Å². The van der Waals surface area contributed by atoms with Gasteiger partial charge in [0.1, 0.15) is 0 Å². The molecule has 3 N–H and O–H groups in total. The van der Waals surface area contributed by atoms with Gasteiger partial charge in [0, 0.05) is 18.7 Å². The highest BCUT2D eigenvalue weighted by atomic mass is 16.3. The van der Waals surface area contributed by atoms with Gasteiger partial charge in [-0.3, -0.25) is 4.79 Å². The summed E-state index contributed by atoms with van der Waals surface area (Å²) in [4.78, 5) is 11.5. The van der Waals surface area contributed by atoms with Crippen LogP contribution in [0.2, 0.25) is 0 Å². The molecule has 0 fully saturated rings. The second kappa shape index (κ2) is 7.43. The van der Waals surface area contributed by atoms with Crippen molar-refractivity contribution in [3.63, 3.8) is 0 Å². The SMILES string of the molecule is C=CCNCC(=O)NC(C)(CC)CCO. The van der Waals surface area contributed by atoms with E-state index >= 15 is 0 Å². The van der Waals surface area contributed by atoms with Gasteiger partial charge in [0.05, 0.1) is 6.54 Å². The Morgan fingerprint density at radius 3 is 2.73 bits per heavy atom. The molecule has 0 rings (SSSR count). The van der Waals surface area contributed by atoms with Crippen molar-refractivity contribution >= 4 is 5.91 Å². The number of carbonyl (C=O) groups is 1. The second-order valence-corrected chi connectivity index (χ2v) is 3.86. The standard InChI is InChI=1S/C11H22N2O2/c1-4-7-12-9-10(15)13-11(3,5-2)6-8-14/h4,12,14H,1,5-9H2,2-3H3,(H,13,15). The first-order valence-corrected chi connectivity index (χ1v) is 5.31. The molecule has 0 aliphatic rings. The van der Waals surface area contributed by atoms with Gasteiger partial charge in [-0.15, -0.1) is 6.58 Å². The van der Waals surface area contributed by atoms with Crippen LogP contribution >= 0.6 is 0 Å². The fourth-order valence-electron chi connectivity index (χ4n) is 1.24. The Hall–Kier alpha value is -0.870. The molecule has 1 unspecified atom stereocenters. The first-order valence-electron chi connectivity index (χ1n) is 5.31. The zero-order valence-corrected chi connectivity index (χ0v) is 9.68. The number of amides is 1. The van der Waals surface area contributed by atoms with E-state index in [9.17, 15) is 4.79 Å². The molecule has 0 heterocycles. The third-order valence-electron chi connectivity index (χ3n) is 2.46. The lowest BCUT2D eigenvalue weighted by atomic mass is 9.95. The van der Waals surface area contributed by atoms with E-state index in [2.05, 4.69) is 17.2 Å². The molecule has 1 atom stereocenters. The summed E-state index contributed by atoms with van der Waals surface area (Å²) >= 11 is 0. The molecule has 0 radical (unpaired) electrons. The maximum atomic E-state index is 11.5. The van der Waals surface area contributed by atoms with E-state index in [1.807, 2.05) is 13.8 Å². The fraction of sp³-hybridized carbons (Fsp3) is 0.727. The Morgan fingerprint density at radius 1 is 1.60 bits per heavy atom. The van der Waals surface area contributed by atoms with Gasteiger partial charge in [0.15, 0.2) is 0 Å². The van der Waals surface area contributed by atoms with Crippen LogP contribution in [0.3, 0.4) is 0 Å². The number of carbonyl (C=O) groups excluding carboxylic acids is 1. The lowest BCUT2D eigenvalue weighted by molar-refractivity contribution is -0.122. The minimum atomic E-state index is -0.304. The van der Waals surface area contributed by atoms with Gasteiger partial charge >= 0.3 is 0 Å². The third-order valence-corrected chi connectivity index (χ3v) is 2.46. The predicted octanol–water partition coefficient (Wildman–Crippen LogP) is 0.429. The van der Waals surface area contributed by atoms with Gasteiger partial charge in [-0.2, -0.15) is 0 Å². The summed E-state index contributed by atoms with van der Waals surface area (Å²) in [6, 6.07) is 0. The summed E-state index contributed by atoms with van der Waals surface area (Å²) in [5.74, 6) is -0.0466. The van der Waals surface area contributed by atoms with E-state index in [0.717, 1.165) is 6.42 Å². The lowest BCUT2D eigenvalue weighted by Crippen LogP contribution is -2.49. The Bertz CT molecular complexity index is 207. The van der Waals surface area contributed by atoms with Gasteiger partial charge in [-0.05, 0) is 19.8 Å². The van der Waals surface area contributed by atoms with Crippen LogP contribution < -0.4 is 10.6 Å². The second-order valence-electron chi connectivity index (χ2n) is 3.86. The average molecular weight is 214 g/mol. The van der Waals surface area contributed by atoms with Crippen LogP contribution in [-0.4, -0.2) is 36.2 Å². The van der Waals surface area contributed by atoms with Crippen molar-refractivity contribution in [1.29, 1.82) is 0 Å². The van der Waals surface area contributed by atoms with Crippen molar-refractivity contribution in [1.82, 2.24) is 10.6 Å². The average Bonchev–Trinajstić information content (AvgIpc) is 2.18. The van der Waals surface area contributed by atoms with E-state index in [-0.39, 0.29) is 24.6 Å². The Morgan fingerprint density at radius 2 is 2.27 bits per heavy atom. The smallest absolute Gasteiger partial charge is 0.234 e. The predicted molar refractivity (Wildman–Crippen MR) is 61.6 cm³/mol. The number of hydrogen-bond donors (Lipinski definition) is 3. The molecule has 1 amide bonds. The van der Waals surface area contributed by atoms with E-state index in [1.165, 1.54) is 0 Å². The van der Waals surface area contributed by atoms with Gasteiger partial charge in [0.2, 0.25) is 5.91 Å². The van der Waals surface area contributed by atoms with Crippen molar-refractivity contribution in [2.24, 2.45) is 0 Å². The lowest BCUT2D eigenvalue weighted by Gasteiger charge is -2.29. The van der Waals surface area contributed by atoms with E-state index in [0.29, 0.717) is 13.0 Å². The molecule has 0 aromatic carbocycles. The topological polar surface area (TPSA) is 61.4 Å². The molecule has 15 heavy (non-hydrogen) atoms. The van der Waals surface area contributed by atoms with Gasteiger partial charge in [-0.25, -0.2) is 0 Å². The molecule has 0 saturated carbocycles. The van der Waals surface area contributed by atoms with Crippen molar-refractivity contribution in [2.75, 3.05) is 19.7 Å². The maximum absolute atomic E-state index is 11.5.